The van der Waals surface area contributed by atoms with Gasteiger partial charge in [0.15, 0.2) is 11.4 Å². The van der Waals surface area contributed by atoms with Crippen molar-refractivity contribution in [2.45, 2.75) is 45.4 Å². The molecule has 6 aromatic rings. The lowest BCUT2D eigenvalue weighted by atomic mass is 9.96. The number of fused-ring (bicyclic) bond motifs is 2. The number of nitrogens with one attached hydrogen (secondary N) is 1. The van der Waals surface area contributed by atoms with Gasteiger partial charge in [-0.05, 0) is 97.9 Å². The molecule has 0 amide bonds. The van der Waals surface area contributed by atoms with Gasteiger partial charge in [0, 0.05) is 55.1 Å². The summed E-state index contributed by atoms with van der Waals surface area (Å²) in [6.45, 7) is 7.33. The van der Waals surface area contributed by atoms with E-state index in [4.69, 9.17) is 26.0 Å². The first kappa shape index (κ1) is 31.4. The molecule has 0 bridgehead atoms. The zero-order valence-electron chi connectivity index (χ0n) is 27.3. The highest BCUT2D eigenvalue weighted by Gasteiger charge is 2.22. The molecule has 0 saturated carbocycles. The maximum absolute atomic E-state index is 9.95. The zero-order chi connectivity index (χ0) is 33.5. The van der Waals surface area contributed by atoms with Crippen LogP contribution in [0.15, 0.2) is 77.5 Å². The van der Waals surface area contributed by atoms with Gasteiger partial charge in [0.1, 0.15) is 17.1 Å². The minimum absolute atomic E-state index is 0.252. The van der Waals surface area contributed by atoms with E-state index < -0.39 is 0 Å². The Morgan fingerprint density at radius 2 is 1.76 bits per heavy atom. The van der Waals surface area contributed by atoms with Gasteiger partial charge in [-0.3, -0.25) is 14.8 Å². The van der Waals surface area contributed by atoms with E-state index in [1.165, 1.54) is 12.8 Å². The summed E-state index contributed by atoms with van der Waals surface area (Å²) < 4.78 is 6.28. The van der Waals surface area contributed by atoms with Crippen molar-refractivity contribution in [3.63, 3.8) is 0 Å². The van der Waals surface area contributed by atoms with Gasteiger partial charge in [-0.1, -0.05) is 35.9 Å². The van der Waals surface area contributed by atoms with E-state index in [0.29, 0.717) is 45.6 Å². The molecule has 3 aromatic carbocycles. The number of anilines is 2. The molecule has 2 fully saturated rings. The number of aliphatic hydroxyl groups is 1. The summed E-state index contributed by atoms with van der Waals surface area (Å²) in [6.07, 6.45) is 6.64. The number of hydrogen-bond acceptors (Lipinski definition) is 9. The molecule has 246 valence electrons. The molecule has 1 unspecified atom stereocenters. The topological polar surface area (TPSA) is 114 Å². The number of rotatable bonds is 8. The second-order valence-electron chi connectivity index (χ2n) is 13.1. The van der Waals surface area contributed by atoms with E-state index in [1.54, 1.807) is 6.20 Å². The van der Waals surface area contributed by atoms with E-state index in [2.05, 4.69) is 32.2 Å². The molecular formula is C39H36ClN7O2. The van der Waals surface area contributed by atoms with Gasteiger partial charge in [-0.25, -0.2) is 9.97 Å². The first-order chi connectivity index (χ1) is 23.9. The number of nitriles is 1. The van der Waals surface area contributed by atoms with Crippen molar-refractivity contribution >= 4 is 45.1 Å². The highest BCUT2D eigenvalue weighted by molar-refractivity contribution is 6.36. The maximum atomic E-state index is 9.95. The molecule has 0 aliphatic carbocycles. The first-order valence-corrected chi connectivity index (χ1v) is 17.2. The third-order valence-electron chi connectivity index (χ3n) is 9.69. The van der Waals surface area contributed by atoms with Gasteiger partial charge in [0.25, 0.3) is 0 Å². The summed E-state index contributed by atoms with van der Waals surface area (Å²) in [4.78, 5) is 18.9. The van der Waals surface area contributed by atoms with Crippen LogP contribution in [0.25, 0.3) is 44.6 Å². The Balaban J connectivity index is 1.09. The van der Waals surface area contributed by atoms with Crippen molar-refractivity contribution < 1.29 is 9.52 Å². The number of pyridine rings is 2. The minimum Gasteiger partial charge on any atom is -0.435 e. The number of hydrogen-bond donors (Lipinski definition) is 2. The minimum atomic E-state index is -0.252. The smallest absolute Gasteiger partial charge is 0.227 e. The standard InChI is InChI=1S/C39H36ClN7O2/c1-24-30(6-4-7-31(24)39-45-34-18-25(21-46-13-2-3-14-46)16-28(19-41)37(34)49-39)32-8-5-9-33(35(32)40)44-38-36-27(10-12-42-38)17-26(20-43-36)22-47-15-11-29(48)23-47/h4-10,12,16-18,20,29,48H,2-3,11,13-15,21-23H2,1H3,(H,42,44). The maximum Gasteiger partial charge on any atom is 0.227 e. The Morgan fingerprint density at radius 1 is 0.959 bits per heavy atom. The van der Waals surface area contributed by atoms with Crippen molar-refractivity contribution in [2.75, 3.05) is 31.5 Å². The van der Waals surface area contributed by atoms with Crippen LogP contribution in [-0.4, -0.2) is 62.1 Å². The van der Waals surface area contributed by atoms with Crippen LogP contribution in [0, 0.1) is 18.3 Å². The summed E-state index contributed by atoms with van der Waals surface area (Å²) in [7, 11) is 0. The van der Waals surface area contributed by atoms with Crippen molar-refractivity contribution in [3.05, 3.63) is 100 Å². The summed E-state index contributed by atoms with van der Waals surface area (Å²) >= 11 is 7.12. The predicted molar refractivity (Wildman–Crippen MR) is 193 cm³/mol. The third kappa shape index (κ3) is 6.25. The highest BCUT2D eigenvalue weighted by atomic mass is 35.5. The van der Waals surface area contributed by atoms with Crippen molar-refractivity contribution in [3.8, 4) is 28.7 Å². The number of aliphatic hydroxyl groups excluding tert-OH is 1. The molecule has 2 aliphatic heterocycles. The molecule has 0 radical (unpaired) electrons. The quantitative estimate of drug-likeness (QED) is 0.167. The molecule has 1 atom stereocenters. The van der Waals surface area contributed by atoms with E-state index >= 15 is 0 Å². The lowest BCUT2D eigenvalue weighted by molar-refractivity contribution is 0.175. The highest BCUT2D eigenvalue weighted by Crippen LogP contribution is 2.40. The molecular weight excluding hydrogens is 634 g/mol. The monoisotopic (exact) mass is 669 g/mol. The molecule has 10 heteroatoms. The van der Waals surface area contributed by atoms with Crippen molar-refractivity contribution in [1.82, 2.24) is 24.8 Å². The normalized spacial score (nSPS) is 16.9. The molecule has 2 saturated heterocycles. The van der Waals surface area contributed by atoms with Gasteiger partial charge in [0.2, 0.25) is 5.89 Å². The molecule has 49 heavy (non-hydrogen) atoms. The average Bonchev–Trinajstić information content (AvgIpc) is 3.87. The summed E-state index contributed by atoms with van der Waals surface area (Å²) in [5.41, 5.74) is 8.95. The van der Waals surface area contributed by atoms with Gasteiger partial charge >= 0.3 is 0 Å². The number of oxazole rings is 1. The van der Waals surface area contributed by atoms with Crippen LogP contribution in [-0.2, 0) is 13.1 Å². The number of likely N-dealkylation sites (tertiary alicyclic amines) is 2. The SMILES string of the molecule is Cc1c(-c2nc3cc(CN4CCCC4)cc(C#N)c3o2)cccc1-c1cccc(Nc2nccc3cc(CN4CCC(O)C4)cnc23)c1Cl. The Labute approximate surface area is 289 Å². The van der Waals surface area contributed by atoms with Crippen LogP contribution >= 0.6 is 11.6 Å². The largest absolute Gasteiger partial charge is 0.435 e. The first-order valence-electron chi connectivity index (χ1n) is 16.8. The van der Waals surface area contributed by atoms with Crippen LogP contribution in [0.3, 0.4) is 0 Å². The number of benzene rings is 3. The van der Waals surface area contributed by atoms with Crippen molar-refractivity contribution in [1.29, 1.82) is 5.26 Å². The Morgan fingerprint density at radius 3 is 2.57 bits per heavy atom. The molecule has 9 nitrogen and oxygen atoms in total. The third-order valence-corrected chi connectivity index (χ3v) is 10.1. The molecule has 8 rings (SSSR count). The van der Waals surface area contributed by atoms with Gasteiger partial charge < -0.3 is 14.8 Å². The number of halogens is 1. The fraction of sp³-hybridized carbons (Fsp3) is 0.282. The van der Waals surface area contributed by atoms with Crippen LogP contribution < -0.4 is 5.32 Å². The van der Waals surface area contributed by atoms with Gasteiger partial charge in [-0.15, -0.1) is 0 Å². The van der Waals surface area contributed by atoms with Crippen molar-refractivity contribution in [2.24, 2.45) is 0 Å². The zero-order valence-corrected chi connectivity index (χ0v) is 28.0. The lowest BCUT2D eigenvalue weighted by Crippen LogP contribution is -2.21. The van der Waals surface area contributed by atoms with Gasteiger partial charge in [-0.2, -0.15) is 5.26 Å². The molecule has 0 spiro atoms. The van der Waals surface area contributed by atoms with Gasteiger partial charge in [0.05, 0.1) is 22.4 Å². The average molecular weight is 670 g/mol. The van der Waals surface area contributed by atoms with Crippen LogP contribution in [0.5, 0.6) is 0 Å². The summed E-state index contributed by atoms with van der Waals surface area (Å²) in [5.74, 6) is 1.09. The number of aromatic nitrogens is 3. The summed E-state index contributed by atoms with van der Waals surface area (Å²) in [5, 5.41) is 24.8. The van der Waals surface area contributed by atoms with E-state index in [1.807, 2.05) is 67.7 Å². The fourth-order valence-corrected chi connectivity index (χ4v) is 7.48. The molecule has 3 aromatic heterocycles. The van der Waals surface area contributed by atoms with E-state index in [0.717, 1.165) is 83.4 Å². The second kappa shape index (κ2) is 13.2. The predicted octanol–water partition coefficient (Wildman–Crippen LogP) is 7.84. The fourth-order valence-electron chi connectivity index (χ4n) is 7.20. The number of β-amino-alcohol motifs (C(OH)–C–C–N with tert-alkyl or cyclic N) is 1. The van der Waals surface area contributed by atoms with Crippen LogP contribution in [0.1, 0.15) is 41.5 Å². The van der Waals surface area contributed by atoms with Crippen LogP contribution in [0.4, 0.5) is 11.5 Å². The summed E-state index contributed by atoms with van der Waals surface area (Å²) in [6, 6.07) is 22.3. The lowest BCUT2D eigenvalue weighted by Gasteiger charge is -2.16. The Bertz CT molecular complexity index is 2240. The Hall–Kier alpha value is -4.85. The molecule has 2 aliphatic rings. The Kier molecular flexibility index (Phi) is 8.48. The van der Waals surface area contributed by atoms with Crippen LogP contribution in [0.2, 0.25) is 5.02 Å². The second-order valence-corrected chi connectivity index (χ2v) is 13.5. The van der Waals surface area contributed by atoms with E-state index in [9.17, 15) is 10.4 Å². The van der Waals surface area contributed by atoms with E-state index in [-0.39, 0.29) is 6.10 Å². The molecule has 2 N–H and O–H groups in total. The molecule has 5 heterocycles. The number of nitrogens with zero attached hydrogens (tertiary/aromatic N) is 6.